The molecule has 0 aliphatic heterocycles. The summed E-state index contributed by atoms with van der Waals surface area (Å²) < 4.78 is 22.6. The Morgan fingerprint density at radius 1 is 1.14 bits per heavy atom. The third-order valence-electron chi connectivity index (χ3n) is 4.13. The second-order valence-electron chi connectivity index (χ2n) is 6.41. The number of tetrazole rings is 1. The number of primary sulfonamides is 1. The van der Waals surface area contributed by atoms with Crippen LogP contribution in [0, 0.1) is 6.92 Å². The first-order valence-electron chi connectivity index (χ1n) is 8.49. The zero-order valence-electron chi connectivity index (χ0n) is 15.4. The van der Waals surface area contributed by atoms with Crippen molar-refractivity contribution in [3.05, 3.63) is 59.7 Å². The Hall–Kier alpha value is -3.11. The second-order valence-corrected chi connectivity index (χ2v) is 7.97. The van der Waals surface area contributed by atoms with E-state index in [1.807, 2.05) is 31.2 Å². The van der Waals surface area contributed by atoms with Crippen molar-refractivity contribution >= 4 is 15.9 Å². The third-order valence-corrected chi connectivity index (χ3v) is 5.06. The van der Waals surface area contributed by atoms with E-state index in [9.17, 15) is 13.2 Å². The minimum Gasteiger partial charge on any atom is -0.348 e. The van der Waals surface area contributed by atoms with Crippen LogP contribution in [0.4, 0.5) is 0 Å². The summed E-state index contributed by atoms with van der Waals surface area (Å²) in [4.78, 5) is 13.5. The normalized spacial score (nSPS) is 12.5. The molecule has 3 rings (SSSR count). The van der Waals surface area contributed by atoms with E-state index in [4.69, 9.17) is 5.14 Å². The summed E-state index contributed by atoms with van der Waals surface area (Å²) in [5.41, 5.74) is 2.69. The number of amides is 1. The number of sulfonamides is 1. The molecule has 0 unspecified atom stereocenters. The highest BCUT2D eigenvalue weighted by atomic mass is 32.2. The molecule has 2 aromatic carbocycles. The van der Waals surface area contributed by atoms with Crippen molar-refractivity contribution in [3.63, 3.8) is 0 Å². The Balaban J connectivity index is 1.61. The average molecular weight is 400 g/mol. The first kappa shape index (κ1) is 19.6. The number of nitrogens with two attached hydrogens (primary N) is 1. The minimum absolute atomic E-state index is 0.0187. The number of carbonyl (C=O) groups excluding carboxylic acids is 1. The van der Waals surface area contributed by atoms with E-state index in [2.05, 4.69) is 20.7 Å². The number of hydrogen-bond acceptors (Lipinski definition) is 6. The molecule has 28 heavy (non-hydrogen) atoms. The molecule has 0 aliphatic rings. The quantitative estimate of drug-likeness (QED) is 0.638. The molecular formula is C18H20N6O3S. The van der Waals surface area contributed by atoms with Gasteiger partial charge in [-0.15, -0.1) is 10.2 Å². The van der Waals surface area contributed by atoms with Gasteiger partial charge in [-0.3, -0.25) is 4.79 Å². The smallest absolute Gasteiger partial charge is 0.244 e. The van der Waals surface area contributed by atoms with E-state index < -0.39 is 10.0 Å². The highest BCUT2D eigenvalue weighted by Crippen LogP contribution is 2.16. The van der Waals surface area contributed by atoms with Crippen molar-refractivity contribution in [3.8, 4) is 11.4 Å². The minimum atomic E-state index is -3.75. The largest absolute Gasteiger partial charge is 0.348 e. The third kappa shape index (κ3) is 4.78. The van der Waals surface area contributed by atoms with E-state index in [1.54, 1.807) is 19.1 Å². The van der Waals surface area contributed by atoms with Crippen LogP contribution in [0.1, 0.15) is 24.1 Å². The Morgan fingerprint density at radius 3 is 2.39 bits per heavy atom. The highest BCUT2D eigenvalue weighted by Gasteiger charge is 2.14. The molecule has 9 nitrogen and oxygen atoms in total. The van der Waals surface area contributed by atoms with Crippen LogP contribution in [0.15, 0.2) is 53.4 Å². The van der Waals surface area contributed by atoms with Gasteiger partial charge in [-0.05, 0) is 36.8 Å². The zero-order chi connectivity index (χ0) is 20.3. The predicted octanol–water partition coefficient (Wildman–Crippen LogP) is 1.17. The number of carbonyl (C=O) groups is 1. The van der Waals surface area contributed by atoms with Gasteiger partial charge < -0.3 is 5.32 Å². The summed E-state index contributed by atoms with van der Waals surface area (Å²) in [5, 5.41) is 20.0. The molecule has 0 radical (unpaired) electrons. The Labute approximate surface area is 162 Å². The summed E-state index contributed by atoms with van der Waals surface area (Å²) in [7, 11) is -3.75. The van der Waals surface area contributed by atoms with Crippen LogP contribution in [0.5, 0.6) is 0 Å². The van der Waals surface area contributed by atoms with Crippen molar-refractivity contribution in [2.45, 2.75) is 31.3 Å². The van der Waals surface area contributed by atoms with Crippen LogP contribution in [-0.2, 0) is 21.4 Å². The van der Waals surface area contributed by atoms with Gasteiger partial charge in [0.05, 0.1) is 10.9 Å². The second kappa shape index (κ2) is 7.87. The Kier molecular flexibility index (Phi) is 5.52. The lowest BCUT2D eigenvalue weighted by atomic mass is 10.1. The molecule has 0 aliphatic carbocycles. The molecule has 0 spiro atoms. The standard InChI is InChI=1S/C18H20N6O3S/c1-12-3-5-15(6-4-12)18-21-23-24(22-18)11-17(25)20-13(2)14-7-9-16(10-8-14)28(19,26)27/h3-10,13H,11H2,1-2H3,(H,20,25)(H2,19,26,27)/t13-/m1/s1. The van der Waals surface area contributed by atoms with Gasteiger partial charge in [-0.1, -0.05) is 42.0 Å². The van der Waals surface area contributed by atoms with Crippen LogP contribution < -0.4 is 10.5 Å². The molecule has 1 heterocycles. The first-order chi connectivity index (χ1) is 13.2. The van der Waals surface area contributed by atoms with Crippen LogP contribution in [0.2, 0.25) is 0 Å². The van der Waals surface area contributed by atoms with Gasteiger partial charge in [0.1, 0.15) is 6.54 Å². The molecule has 0 saturated heterocycles. The summed E-state index contributed by atoms with van der Waals surface area (Å²) in [6.45, 7) is 3.69. The number of aromatic nitrogens is 4. The molecule has 10 heteroatoms. The highest BCUT2D eigenvalue weighted by molar-refractivity contribution is 7.89. The van der Waals surface area contributed by atoms with Crippen molar-refractivity contribution in [1.29, 1.82) is 0 Å². The van der Waals surface area contributed by atoms with E-state index in [0.717, 1.165) is 16.7 Å². The predicted molar refractivity (Wildman–Crippen MR) is 102 cm³/mol. The Bertz CT molecular complexity index is 1080. The number of benzene rings is 2. The number of nitrogens with one attached hydrogen (secondary N) is 1. The first-order valence-corrected chi connectivity index (χ1v) is 10.0. The lowest BCUT2D eigenvalue weighted by molar-refractivity contribution is -0.122. The maximum atomic E-state index is 12.3. The van der Waals surface area contributed by atoms with Crippen LogP contribution in [0.25, 0.3) is 11.4 Å². The van der Waals surface area contributed by atoms with Gasteiger partial charge in [0, 0.05) is 5.56 Å². The van der Waals surface area contributed by atoms with Crippen LogP contribution in [0.3, 0.4) is 0 Å². The zero-order valence-corrected chi connectivity index (χ0v) is 16.2. The average Bonchev–Trinajstić information content (AvgIpc) is 3.10. The van der Waals surface area contributed by atoms with E-state index >= 15 is 0 Å². The van der Waals surface area contributed by atoms with Gasteiger partial charge in [-0.2, -0.15) is 4.80 Å². The molecule has 1 atom stereocenters. The molecule has 1 aromatic heterocycles. The number of rotatable bonds is 6. The van der Waals surface area contributed by atoms with Gasteiger partial charge in [-0.25, -0.2) is 13.6 Å². The molecule has 0 fully saturated rings. The van der Waals surface area contributed by atoms with E-state index in [-0.39, 0.29) is 23.4 Å². The summed E-state index contributed by atoms with van der Waals surface area (Å²) in [6.07, 6.45) is 0. The fourth-order valence-electron chi connectivity index (χ4n) is 2.57. The van der Waals surface area contributed by atoms with Crippen molar-refractivity contribution in [2.75, 3.05) is 0 Å². The van der Waals surface area contributed by atoms with E-state index in [0.29, 0.717) is 5.82 Å². The summed E-state index contributed by atoms with van der Waals surface area (Å²) in [6, 6.07) is 13.4. The van der Waals surface area contributed by atoms with E-state index in [1.165, 1.54) is 16.9 Å². The fourth-order valence-corrected chi connectivity index (χ4v) is 3.09. The van der Waals surface area contributed by atoms with Gasteiger partial charge in [0.15, 0.2) is 0 Å². The molecule has 3 aromatic rings. The number of nitrogens with zero attached hydrogens (tertiary/aromatic N) is 4. The van der Waals surface area contributed by atoms with Crippen molar-refractivity contribution in [2.24, 2.45) is 5.14 Å². The van der Waals surface area contributed by atoms with Gasteiger partial charge >= 0.3 is 0 Å². The molecule has 0 saturated carbocycles. The topological polar surface area (TPSA) is 133 Å². The summed E-state index contributed by atoms with van der Waals surface area (Å²) in [5.74, 6) is 0.148. The molecule has 3 N–H and O–H groups in total. The van der Waals surface area contributed by atoms with Gasteiger partial charge in [0.2, 0.25) is 21.8 Å². The maximum Gasteiger partial charge on any atom is 0.244 e. The monoisotopic (exact) mass is 400 g/mol. The number of aryl methyl sites for hydroxylation is 1. The van der Waals surface area contributed by atoms with Crippen LogP contribution >= 0.6 is 0 Å². The lowest BCUT2D eigenvalue weighted by Crippen LogP contribution is -2.30. The van der Waals surface area contributed by atoms with Crippen LogP contribution in [-0.4, -0.2) is 34.5 Å². The fraction of sp³-hybridized carbons (Fsp3) is 0.222. The molecular weight excluding hydrogens is 380 g/mol. The SMILES string of the molecule is Cc1ccc(-c2nnn(CC(=O)N[C@H](C)c3ccc(S(N)(=O)=O)cc3)n2)cc1. The lowest BCUT2D eigenvalue weighted by Gasteiger charge is -2.14. The molecule has 146 valence electrons. The van der Waals surface area contributed by atoms with Gasteiger partial charge in [0.25, 0.3) is 0 Å². The molecule has 0 bridgehead atoms. The Morgan fingerprint density at radius 2 is 1.79 bits per heavy atom. The maximum absolute atomic E-state index is 12.3. The molecule has 1 amide bonds. The summed E-state index contributed by atoms with van der Waals surface area (Å²) >= 11 is 0. The van der Waals surface area contributed by atoms with Crippen molar-refractivity contribution < 1.29 is 13.2 Å². The number of hydrogen-bond donors (Lipinski definition) is 2. The van der Waals surface area contributed by atoms with Crippen molar-refractivity contribution in [1.82, 2.24) is 25.5 Å².